The monoisotopic (exact) mass is 293 g/mol. The summed E-state index contributed by atoms with van der Waals surface area (Å²) in [6, 6.07) is 7.32. The van der Waals surface area contributed by atoms with Crippen LogP contribution in [0, 0.1) is 0 Å². The molecule has 0 saturated heterocycles. The first-order valence-electron chi connectivity index (χ1n) is 6.91. The molecule has 1 aromatic rings. The number of nitrogens with zero attached hydrogens (tertiary/aromatic N) is 1. The number of carbonyl (C=O) groups is 1. The van der Waals surface area contributed by atoms with Gasteiger partial charge in [-0.2, -0.15) is 0 Å². The molecule has 0 atom stereocenters. The second-order valence-corrected chi connectivity index (χ2v) is 5.34. The van der Waals surface area contributed by atoms with Gasteiger partial charge in [-0.15, -0.1) is 0 Å². The highest BCUT2D eigenvalue weighted by molar-refractivity contribution is 7.80. The Kier molecular flexibility index (Phi) is 7.18. The Morgan fingerprint density at radius 1 is 1.35 bits per heavy atom. The SMILES string of the molecule is CCCCCN(C)CC(=O)Nc1ccccc1C(N)=S. The molecule has 1 aromatic carbocycles. The van der Waals surface area contributed by atoms with Gasteiger partial charge in [0.25, 0.3) is 0 Å². The molecule has 1 rings (SSSR count). The molecule has 3 N–H and O–H groups in total. The molecule has 0 aliphatic heterocycles. The number of hydrogen-bond donors (Lipinski definition) is 2. The van der Waals surface area contributed by atoms with E-state index < -0.39 is 0 Å². The number of amides is 1. The summed E-state index contributed by atoms with van der Waals surface area (Å²) in [6.45, 7) is 3.47. The molecular formula is C15H23N3OS. The Labute approximate surface area is 126 Å². The van der Waals surface area contributed by atoms with E-state index in [1.807, 2.05) is 36.2 Å². The summed E-state index contributed by atoms with van der Waals surface area (Å²) in [7, 11) is 1.95. The van der Waals surface area contributed by atoms with Crippen LogP contribution in [0.25, 0.3) is 0 Å². The number of hydrogen-bond acceptors (Lipinski definition) is 3. The first-order valence-corrected chi connectivity index (χ1v) is 7.32. The molecule has 0 aliphatic rings. The third-order valence-electron chi connectivity index (χ3n) is 3.02. The van der Waals surface area contributed by atoms with Gasteiger partial charge in [-0.3, -0.25) is 9.69 Å². The minimum Gasteiger partial charge on any atom is -0.389 e. The fourth-order valence-electron chi connectivity index (χ4n) is 1.95. The lowest BCUT2D eigenvalue weighted by Crippen LogP contribution is -2.31. The van der Waals surface area contributed by atoms with E-state index in [1.54, 1.807) is 0 Å². The van der Waals surface area contributed by atoms with E-state index in [0.717, 1.165) is 13.0 Å². The Balaban J connectivity index is 2.52. The van der Waals surface area contributed by atoms with E-state index in [1.165, 1.54) is 12.8 Å². The van der Waals surface area contributed by atoms with Gasteiger partial charge in [-0.1, -0.05) is 44.1 Å². The molecule has 0 spiro atoms. The van der Waals surface area contributed by atoms with E-state index in [9.17, 15) is 4.79 Å². The van der Waals surface area contributed by atoms with Crippen LogP contribution in [0.2, 0.25) is 0 Å². The molecule has 0 radical (unpaired) electrons. The molecule has 0 fully saturated rings. The van der Waals surface area contributed by atoms with Crippen molar-refractivity contribution >= 4 is 28.8 Å². The van der Waals surface area contributed by atoms with E-state index >= 15 is 0 Å². The van der Waals surface area contributed by atoms with Crippen LogP contribution in [0.1, 0.15) is 31.7 Å². The van der Waals surface area contributed by atoms with Crippen LogP contribution in [0.4, 0.5) is 5.69 Å². The summed E-state index contributed by atoms with van der Waals surface area (Å²) in [4.78, 5) is 14.3. The van der Waals surface area contributed by atoms with Gasteiger partial charge in [0.2, 0.25) is 5.91 Å². The number of unbranched alkanes of at least 4 members (excludes halogenated alkanes) is 2. The van der Waals surface area contributed by atoms with Gasteiger partial charge in [0, 0.05) is 5.56 Å². The van der Waals surface area contributed by atoms with Gasteiger partial charge < -0.3 is 11.1 Å². The van der Waals surface area contributed by atoms with Crippen LogP contribution in [0.5, 0.6) is 0 Å². The third kappa shape index (κ3) is 5.67. The normalized spacial score (nSPS) is 10.6. The predicted molar refractivity (Wildman–Crippen MR) is 88.0 cm³/mol. The van der Waals surface area contributed by atoms with Gasteiger partial charge in [0.15, 0.2) is 0 Å². The zero-order valence-electron chi connectivity index (χ0n) is 12.2. The standard InChI is InChI=1S/C15H23N3OS/c1-3-4-7-10-18(2)11-14(19)17-13-9-6-5-8-12(13)15(16)20/h5-6,8-9H,3-4,7,10-11H2,1-2H3,(H2,16,20)(H,17,19). The van der Waals surface area contributed by atoms with Crippen LogP contribution in [-0.2, 0) is 4.79 Å². The predicted octanol–water partition coefficient (Wildman–Crippen LogP) is 2.38. The molecule has 0 aliphatic carbocycles. The summed E-state index contributed by atoms with van der Waals surface area (Å²) < 4.78 is 0. The fraction of sp³-hybridized carbons (Fsp3) is 0.467. The van der Waals surface area contributed by atoms with E-state index in [2.05, 4.69) is 12.2 Å². The maximum absolute atomic E-state index is 12.0. The van der Waals surface area contributed by atoms with Crippen LogP contribution in [-0.4, -0.2) is 35.9 Å². The van der Waals surface area contributed by atoms with Gasteiger partial charge in [0.05, 0.1) is 12.2 Å². The second kappa shape index (κ2) is 8.66. The number of carbonyl (C=O) groups excluding carboxylic acids is 1. The van der Waals surface area contributed by atoms with Crippen molar-refractivity contribution in [2.75, 3.05) is 25.5 Å². The fourth-order valence-corrected chi connectivity index (χ4v) is 2.13. The lowest BCUT2D eigenvalue weighted by Gasteiger charge is -2.16. The van der Waals surface area contributed by atoms with Crippen LogP contribution < -0.4 is 11.1 Å². The van der Waals surface area contributed by atoms with Crippen LogP contribution in [0.3, 0.4) is 0 Å². The molecule has 5 heteroatoms. The zero-order valence-corrected chi connectivity index (χ0v) is 13.0. The molecule has 0 unspecified atom stereocenters. The molecule has 4 nitrogen and oxygen atoms in total. The first kappa shape index (κ1) is 16.6. The van der Waals surface area contributed by atoms with Crippen molar-refractivity contribution in [3.05, 3.63) is 29.8 Å². The average molecular weight is 293 g/mol. The third-order valence-corrected chi connectivity index (χ3v) is 3.24. The number of nitrogens with one attached hydrogen (secondary N) is 1. The largest absolute Gasteiger partial charge is 0.389 e. The summed E-state index contributed by atoms with van der Waals surface area (Å²) in [5.74, 6) is -0.0484. The van der Waals surface area contributed by atoms with Crippen molar-refractivity contribution in [3.8, 4) is 0 Å². The first-order chi connectivity index (χ1) is 9.54. The van der Waals surface area contributed by atoms with Gasteiger partial charge >= 0.3 is 0 Å². The molecule has 0 bridgehead atoms. The number of benzene rings is 1. The lowest BCUT2D eigenvalue weighted by atomic mass is 10.2. The molecule has 0 saturated carbocycles. The number of rotatable bonds is 8. The van der Waals surface area contributed by atoms with Crippen molar-refractivity contribution in [1.29, 1.82) is 0 Å². The van der Waals surface area contributed by atoms with Crippen LogP contribution >= 0.6 is 12.2 Å². The summed E-state index contributed by atoms with van der Waals surface area (Å²) in [5, 5.41) is 2.87. The highest BCUT2D eigenvalue weighted by Gasteiger charge is 2.10. The Bertz CT molecular complexity index is 462. The van der Waals surface area contributed by atoms with Crippen molar-refractivity contribution in [3.63, 3.8) is 0 Å². The highest BCUT2D eigenvalue weighted by atomic mass is 32.1. The molecule has 0 heterocycles. The van der Waals surface area contributed by atoms with Crippen LogP contribution in [0.15, 0.2) is 24.3 Å². The second-order valence-electron chi connectivity index (χ2n) is 4.90. The number of anilines is 1. The average Bonchev–Trinajstić information content (AvgIpc) is 2.39. The van der Waals surface area contributed by atoms with Gasteiger partial charge in [-0.25, -0.2) is 0 Å². The molecule has 1 amide bonds. The minimum atomic E-state index is -0.0484. The van der Waals surface area contributed by atoms with E-state index in [-0.39, 0.29) is 10.9 Å². The zero-order chi connectivity index (χ0) is 15.0. The Hall–Kier alpha value is -1.46. The van der Waals surface area contributed by atoms with Gasteiger partial charge in [0.1, 0.15) is 4.99 Å². The van der Waals surface area contributed by atoms with Gasteiger partial charge in [-0.05, 0) is 32.1 Å². The number of para-hydroxylation sites is 1. The number of thiocarbonyl (C=S) groups is 1. The van der Waals surface area contributed by atoms with E-state index in [0.29, 0.717) is 17.8 Å². The highest BCUT2D eigenvalue weighted by Crippen LogP contribution is 2.14. The molecule has 0 aromatic heterocycles. The maximum atomic E-state index is 12.0. The summed E-state index contributed by atoms with van der Waals surface area (Å²) in [5.41, 5.74) is 7.01. The molecule has 20 heavy (non-hydrogen) atoms. The van der Waals surface area contributed by atoms with Crippen molar-refractivity contribution < 1.29 is 4.79 Å². The Morgan fingerprint density at radius 2 is 2.05 bits per heavy atom. The van der Waals surface area contributed by atoms with E-state index in [4.69, 9.17) is 18.0 Å². The lowest BCUT2D eigenvalue weighted by molar-refractivity contribution is -0.117. The molecule has 110 valence electrons. The van der Waals surface area contributed by atoms with Crippen molar-refractivity contribution in [2.24, 2.45) is 5.73 Å². The number of likely N-dealkylation sites (N-methyl/N-ethyl adjacent to an activating group) is 1. The smallest absolute Gasteiger partial charge is 0.238 e. The minimum absolute atomic E-state index is 0.0484. The topological polar surface area (TPSA) is 58.4 Å². The maximum Gasteiger partial charge on any atom is 0.238 e. The molecular weight excluding hydrogens is 270 g/mol. The Morgan fingerprint density at radius 3 is 2.70 bits per heavy atom. The van der Waals surface area contributed by atoms with Crippen molar-refractivity contribution in [1.82, 2.24) is 4.90 Å². The summed E-state index contributed by atoms with van der Waals surface area (Å²) >= 11 is 4.98. The quantitative estimate of drug-likeness (QED) is 0.571. The number of nitrogens with two attached hydrogens (primary N) is 1. The van der Waals surface area contributed by atoms with Crippen molar-refractivity contribution in [2.45, 2.75) is 26.2 Å². The summed E-state index contributed by atoms with van der Waals surface area (Å²) in [6.07, 6.45) is 3.49.